The number of hydrogen-bond donors (Lipinski definition) is 1. The third-order valence-corrected chi connectivity index (χ3v) is 3.79. The maximum Gasteiger partial charge on any atom is 0.324 e. The summed E-state index contributed by atoms with van der Waals surface area (Å²) < 4.78 is 5.11. The van der Waals surface area contributed by atoms with Gasteiger partial charge >= 0.3 is 5.97 Å². The van der Waals surface area contributed by atoms with Crippen molar-refractivity contribution in [3.05, 3.63) is 35.4 Å². The van der Waals surface area contributed by atoms with Gasteiger partial charge in [-0.05, 0) is 44.5 Å². The van der Waals surface area contributed by atoms with Crippen LogP contribution in [0.3, 0.4) is 0 Å². The summed E-state index contributed by atoms with van der Waals surface area (Å²) >= 11 is 0. The molecule has 1 heterocycles. The second-order valence-electron chi connectivity index (χ2n) is 5.20. The number of likely N-dealkylation sites (N-methyl/N-ethyl adjacent to an activating group) is 1. The molecule has 110 valence electrons. The van der Waals surface area contributed by atoms with Crippen molar-refractivity contribution in [2.24, 2.45) is 0 Å². The number of rotatable bonds is 5. The lowest BCUT2D eigenvalue weighted by Gasteiger charge is -2.25. The lowest BCUT2D eigenvalue weighted by Crippen LogP contribution is -2.45. The zero-order chi connectivity index (χ0) is 14.4. The van der Waals surface area contributed by atoms with E-state index in [1.54, 1.807) is 0 Å². The molecule has 0 spiro atoms. The van der Waals surface area contributed by atoms with Crippen LogP contribution in [0.1, 0.15) is 24.5 Å². The van der Waals surface area contributed by atoms with Crippen molar-refractivity contribution in [1.82, 2.24) is 10.2 Å². The molecular formula is C16H24N2O2. The van der Waals surface area contributed by atoms with Crippen LogP contribution in [0.5, 0.6) is 0 Å². The Kier molecular flexibility index (Phi) is 5.56. The molecule has 2 rings (SSSR count). The van der Waals surface area contributed by atoms with E-state index in [1.807, 2.05) is 14.0 Å². The number of hydrogen-bond acceptors (Lipinski definition) is 4. The number of carbonyl (C=O) groups excluding carboxylic acids is 1. The van der Waals surface area contributed by atoms with Gasteiger partial charge in [0.15, 0.2) is 0 Å². The molecule has 0 saturated carbocycles. The van der Waals surface area contributed by atoms with Crippen LogP contribution in [0.4, 0.5) is 0 Å². The zero-order valence-electron chi connectivity index (χ0n) is 12.4. The first-order valence-electron chi connectivity index (χ1n) is 7.37. The fraction of sp³-hybridized carbons (Fsp3) is 0.562. The molecular weight excluding hydrogens is 252 g/mol. The van der Waals surface area contributed by atoms with Gasteiger partial charge in [0.25, 0.3) is 0 Å². The van der Waals surface area contributed by atoms with Crippen LogP contribution in [0.2, 0.25) is 0 Å². The smallest absolute Gasteiger partial charge is 0.324 e. The third kappa shape index (κ3) is 3.81. The first-order chi connectivity index (χ1) is 9.74. The van der Waals surface area contributed by atoms with Crippen LogP contribution >= 0.6 is 0 Å². The maximum atomic E-state index is 11.9. The minimum Gasteiger partial charge on any atom is -0.465 e. The molecule has 0 radical (unpaired) electrons. The molecule has 20 heavy (non-hydrogen) atoms. The molecule has 1 aromatic rings. The molecule has 0 amide bonds. The number of ether oxygens (including phenoxy) is 1. The number of aryl methyl sites for hydroxylation is 1. The minimum absolute atomic E-state index is 0.160. The summed E-state index contributed by atoms with van der Waals surface area (Å²) in [5.41, 5.74) is 2.82. The van der Waals surface area contributed by atoms with Crippen LogP contribution in [0.15, 0.2) is 24.3 Å². The summed E-state index contributed by atoms with van der Waals surface area (Å²) in [6, 6.07) is 8.33. The molecule has 1 aliphatic rings. The SMILES string of the molecule is CCOC(=O)C(CN1CCCc2ccccc2C1)NC. The average molecular weight is 276 g/mol. The highest BCUT2D eigenvalue weighted by Gasteiger charge is 2.22. The van der Waals surface area contributed by atoms with Crippen LogP contribution < -0.4 is 5.32 Å². The third-order valence-electron chi connectivity index (χ3n) is 3.79. The van der Waals surface area contributed by atoms with Gasteiger partial charge in [-0.15, -0.1) is 0 Å². The first kappa shape index (κ1) is 15.0. The molecule has 4 nitrogen and oxygen atoms in total. The quantitative estimate of drug-likeness (QED) is 0.829. The van der Waals surface area contributed by atoms with E-state index >= 15 is 0 Å². The van der Waals surface area contributed by atoms with E-state index in [9.17, 15) is 4.79 Å². The summed E-state index contributed by atoms with van der Waals surface area (Å²) in [6.07, 6.45) is 2.26. The Hall–Kier alpha value is -1.39. The van der Waals surface area contributed by atoms with E-state index in [4.69, 9.17) is 4.74 Å². The van der Waals surface area contributed by atoms with E-state index in [1.165, 1.54) is 11.1 Å². The molecule has 1 N–H and O–H groups in total. The monoisotopic (exact) mass is 276 g/mol. The van der Waals surface area contributed by atoms with Gasteiger partial charge in [0, 0.05) is 13.1 Å². The highest BCUT2D eigenvalue weighted by Crippen LogP contribution is 2.18. The predicted octanol–water partition coefficient (Wildman–Crippen LogP) is 1.59. The second kappa shape index (κ2) is 7.41. The van der Waals surface area contributed by atoms with Crippen molar-refractivity contribution in [2.45, 2.75) is 32.4 Å². The van der Waals surface area contributed by atoms with Crippen molar-refractivity contribution >= 4 is 5.97 Å². The number of esters is 1. The molecule has 1 aliphatic heterocycles. The Morgan fingerprint density at radius 3 is 2.85 bits per heavy atom. The van der Waals surface area contributed by atoms with Gasteiger partial charge in [-0.2, -0.15) is 0 Å². The largest absolute Gasteiger partial charge is 0.465 e. The van der Waals surface area contributed by atoms with E-state index in [0.29, 0.717) is 13.2 Å². The molecule has 1 atom stereocenters. The Morgan fingerprint density at radius 2 is 2.15 bits per heavy atom. The molecule has 0 saturated heterocycles. The minimum atomic E-state index is -0.250. The summed E-state index contributed by atoms with van der Waals surface area (Å²) in [6.45, 7) is 4.90. The molecule has 1 aromatic carbocycles. The Labute approximate surface area is 121 Å². The predicted molar refractivity (Wildman–Crippen MR) is 79.5 cm³/mol. The van der Waals surface area contributed by atoms with E-state index in [2.05, 4.69) is 34.5 Å². The normalized spacial score (nSPS) is 17.1. The number of benzene rings is 1. The van der Waals surface area contributed by atoms with E-state index in [-0.39, 0.29) is 12.0 Å². The molecule has 0 aromatic heterocycles. The fourth-order valence-electron chi connectivity index (χ4n) is 2.71. The van der Waals surface area contributed by atoms with Crippen LogP contribution in [-0.2, 0) is 22.5 Å². The van der Waals surface area contributed by atoms with Gasteiger partial charge in [-0.3, -0.25) is 9.69 Å². The molecule has 0 bridgehead atoms. The topological polar surface area (TPSA) is 41.6 Å². The van der Waals surface area contributed by atoms with Crippen molar-refractivity contribution in [2.75, 3.05) is 26.7 Å². The van der Waals surface area contributed by atoms with Crippen LogP contribution in [0, 0.1) is 0 Å². The van der Waals surface area contributed by atoms with Gasteiger partial charge in [-0.25, -0.2) is 0 Å². The standard InChI is InChI=1S/C16H24N2O2/c1-3-20-16(19)15(17-2)12-18-10-6-9-13-7-4-5-8-14(13)11-18/h4-5,7-8,15,17H,3,6,9-12H2,1-2H3. The summed E-state index contributed by atoms with van der Waals surface area (Å²) in [4.78, 5) is 14.2. The van der Waals surface area contributed by atoms with Crippen molar-refractivity contribution < 1.29 is 9.53 Å². The van der Waals surface area contributed by atoms with Gasteiger partial charge in [0.1, 0.15) is 6.04 Å². The summed E-state index contributed by atoms with van der Waals surface area (Å²) in [7, 11) is 1.81. The maximum absolute atomic E-state index is 11.9. The number of carbonyl (C=O) groups is 1. The average Bonchev–Trinajstić information content (AvgIpc) is 2.66. The first-order valence-corrected chi connectivity index (χ1v) is 7.37. The summed E-state index contributed by atoms with van der Waals surface area (Å²) in [5.74, 6) is -0.160. The Bertz CT molecular complexity index is 448. The van der Waals surface area contributed by atoms with E-state index in [0.717, 1.165) is 25.9 Å². The molecule has 1 unspecified atom stereocenters. The molecule has 0 aliphatic carbocycles. The van der Waals surface area contributed by atoms with Crippen molar-refractivity contribution in [1.29, 1.82) is 0 Å². The molecule has 0 fully saturated rings. The fourth-order valence-corrected chi connectivity index (χ4v) is 2.71. The second-order valence-corrected chi connectivity index (χ2v) is 5.20. The van der Waals surface area contributed by atoms with Gasteiger partial charge < -0.3 is 10.1 Å². The summed E-state index contributed by atoms with van der Waals surface area (Å²) in [5, 5.41) is 3.06. The van der Waals surface area contributed by atoms with Crippen molar-refractivity contribution in [3.63, 3.8) is 0 Å². The number of fused-ring (bicyclic) bond motifs is 1. The van der Waals surface area contributed by atoms with Crippen LogP contribution in [-0.4, -0.2) is 43.7 Å². The van der Waals surface area contributed by atoms with E-state index < -0.39 is 0 Å². The molecule has 4 heteroatoms. The Morgan fingerprint density at radius 1 is 1.40 bits per heavy atom. The number of nitrogens with zero attached hydrogens (tertiary/aromatic N) is 1. The van der Waals surface area contributed by atoms with Gasteiger partial charge in [0.05, 0.1) is 6.61 Å². The highest BCUT2D eigenvalue weighted by atomic mass is 16.5. The number of nitrogens with one attached hydrogen (secondary N) is 1. The van der Waals surface area contributed by atoms with Crippen LogP contribution in [0.25, 0.3) is 0 Å². The lowest BCUT2D eigenvalue weighted by molar-refractivity contribution is -0.146. The highest BCUT2D eigenvalue weighted by molar-refractivity contribution is 5.76. The zero-order valence-corrected chi connectivity index (χ0v) is 12.4. The van der Waals surface area contributed by atoms with Crippen molar-refractivity contribution in [3.8, 4) is 0 Å². The van der Waals surface area contributed by atoms with Gasteiger partial charge in [-0.1, -0.05) is 24.3 Å². The Balaban J connectivity index is 2.01. The lowest BCUT2D eigenvalue weighted by atomic mass is 10.0. The van der Waals surface area contributed by atoms with Gasteiger partial charge in [0.2, 0.25) is 0 Å².